The molecule has 3 atom stereocenters. The predicted molar refractivity (Wildman–Crippen MR) is 112 cm³/mol. The highest BCUT2D eigenvalue weighted by Gasteiger charge is 2.35. The first kappa shape index (κ1) is 23.4. The molecule has 1 amide bonds. The Morgan fingerprint density at radius 3 is 2.69 bits per heavy atom. The molecule has 6 heteroatoms. The van der Waals surface area contributed by atoms with E-state index in [4.69, 9.17) is 9.47 Å². The Bertz CT molecular complexity index is 631. The molecule has 1 aromatic carbocycles. The maximum absolute atomic E-state index is 13.2. The number of ether oxygens (including phenoxy) is 2. The predicted octanol–water partition coefficient (Wildman–Crippen LogP) is 2.86. The lowest BCUT2D eigenvalue weighted by Gasteiger charge is -2.39. The molecule has 2 rings (SSSR count). The largest absolute Gasteiger partial charge is 0.494 e. The van der Waals surface area contributed by atoms with Crippen LogP contribution in [0.4, 0.5) is 0 Å². The molecule has 0 unspecified atom stereocenters. The van der Waals surface area contributed by atoms with Crippen molar-refractivity contribution in [1.82, 2.24) is 4.90 Å². The van der Waals surface area contributed by atoms with Gasteiger partial charge in [-0.25, -0.2) is 0 Å². The lowest BCUT2D eigenvalue weighted by Crippen LogP contribution is -2.53. The first-order chi connectivity index (χ1) is 14.0. The molecular weight excluding hydrogens is 370 g/mol. The van der Waals surface area contributed by atoms with Crippen LogP contribution in [0.3, 0.4) is 0 Å². The number of benzene rings is 1. The van der Waals surface area contributed by atoms with E-state index in [1.165, 1.54) is 0 Å². The summed E-state index contributed by atoms with van der Waals surface area (Å²) < 4.78 is 11.0. The van der Waals surface area contributed by atoms with Crippen LogP contribution in [-0.4, -0.2) is 60.7 Å². The highest BCUT2D eigenvalue weighted by molar-refractivity contribution is 5.83. The van der Waals surface area contributed by atoms with Gasteiger partial charge in [-0.3, -0.25) is 4.79 Å². The summed E-state index contributed by atoms with van der Waals surface area (Å²) in [5.41, 5.74) is 1.14. The van der Waals surface area contributed by atoms with Crippen molar-refractivity contribution < 1.29 is 24.2 Å². The zero-order valence-electron chi connectivity index (χ0n) is 17.9. The topological polar surface area (TPSA) is 76.1 Å². The number of carbonyl (C=O) groups excluding carboxylic acids is 2. The van der Waals surface area contributed by atoms with Crippen molar-refractivity contribution in [3.05, 3.63) is 29.8 Å². The first-order valence-corrected chi connectivity index (χ1v) is 10.7. The molecule has 1 aliphatic rings. The van der Waals surface area contributed by atoms with Crippen LogP contribution >= 0.6 is 0 Å². The number of aldehydes is 1. The third-order valence-corrected chi connectivity index (χ3v) is 5.34. The molecule has 1 fully saturated rings. The van der Waals surface area contributed by atoms with E-state index in [0.717, 1.165) is 24.2 Å². The number of amides is 1. The molecule has 162 valence electrons. The fraction of sp³-hybridized carbons (Fsp3) is 0.652. The average Bonchev–Trinajstić information content (AvgIpc) is 2.71. The Balaban J connectivity index is 1.98. The van der Waals surface area contributed by atoms with Gasteiger partial charge in [0.1, 0.15) is 18.1 Å². The van der Waals surface area contributed by atoms with Crippen LogP contribution in [-0.2, 0) is 20.7 Å². The third kappa shape index (κ3) is 7.12. The SMILES string of the molecule is CCOc1ccc(CCC[C@@H](C(=O)N2CCOC[C@@H]2CC(C)C)[C@H](O)C=O)cc1. The lowest BCUT2D eigenvalue weighted by atomic mass is 9.92. The quantitative estimate of drug-likeness (QED) is 0.573. The van der Waals surface area contributed by atoms with E-state index in [0.29, 0.717) is 51.4 Å². The molecular formula is C23H35NO5. The van der Waals surface area contributed by atoms with Crippen LogP contribution in [0.2, 0.25) is 0 Å². The second-order valence-electron chi connectivity index (χ2n) is 8.09. The zero-order chi connectivity index (χ0) is 21.2. The minimum atomic E-state index is -1.27. The number of aliphatic hydroxyl groups excluding tert-OH is 1. The highest BCUT2D eigenvalue weighted by Crippen LogP contribution is 2.23. The van der Waals surface area contributed by atoms with Crippen LogP contribution in [0, 0.1) is 11.8 Å². The molecule has 1 heterocycles. The minimum absolute atomic E-state index is 0.00344. The molecule has 0 bridgehead atoms. The number of aryl methyl sites for hydroxylation is 1. The van der Waals surface area contributed by atoms with Crippen molar-refractivity contribution in [2.75, 3.05) is 26.4 Å². The van der Waals surface area contributed by atoms with Gasteiger partial charge in [-0.15, -0.1) is 0 Å². The summed E-state index contributed by atoms with van der Waals surface area (Å²) in [6, 6.07) is 7.90. The zero-order valence-corrected chi connectivity index (χ0v) is 17.9. The highest BCUT2D eigenvalue weighted by atomic mass is 16.5. The van der Waals surface area contributed by atoms with Gasteiger partial charge < -0.3 is 24.3 Å². The van der Waals surface area contributed by atoms with E-state index in [-0.39, 0.29) is 11.9 Å². The Hall–Kier alpha value is -1.92. The van der Waals surface area contributed by atoms with E-state index in [1.807, 2.05) is 36.1 Å². The van der Waals surface area contributed by atoms with Gasteiger partial charge in [0.05, 0.1) is 31.8 Å². The molecule has 1 saturated heterocycles. The van der Waals surface area contributed by atoms with E-state index in [9.17, 15) is 14.7 Å². The van der Waals surface area contributed by atoms with Crippen LogP contribution < -0.4 is 4.74 Å². The summed E-state index contributed by atoms with van der Waals surface area (Å²) in [5.74, 6) is 0.434. The molecule has 1 N–H and O–H groups in total. The fourth-order valence-corrected chi connectivity index (χ4v) is 3.88. The second kappa shape index (κ2) is 11.9. The van der Waals surface area contributed by atoms with E-state index in [2.05, 4.69) is 13.8 Å². The van der Waals surface area contributed by atoms with Crippen LogP contribution in [0.5, 0.6) is 5.75 Å². The van der Waals surface area contributed by atoms with Gasteiger partial charge in [0, 0.05) is 6.54 Å². The molecule has 6 nitrogen and oxygen atoms in total. The van der Waals surface area contributed by atoms with Crippen LogP contribution in [0.25, 0.3) is 0 Å². The summed E-state index contributed by atoms with van der Waals surface area (Å²) in [7, 11) is 0. The molecule has 1 aromatic rings. The standard InChI is InChI=1S/C23H35NO5/c1-4-29-20-10-8-18(9-11-20)6-5-7-21(22(26)15-25)23(27)24-12-13-28-16-19(24)14-17(2)3/h8-11,15,17,19,21-22,26H,4-7,12-14,16H2,1-3H3/t19-,21+,22+/m0/s1. The van der Waals surface area contributed by atoms with Crippen molar-refractivity contribution in [2.45, 2.75) is 58.6 Å². The number of rotatable bonds is 11. The van der Waals surface area contributed by atoms with Crippen molar-refractivity contribution >= 4 is 12.2 Å². The molecule has 0 radical (unpaired) electrons. The first-order valence-electron chi connectivity index (χ1n) is 10.7. The maximum Gasteiger partial charge on any atom is 0.229 e. The third-order valence-electron chi connectivity index (χ3n) is 5.34. The summed E-state index contributed by atoms with van der Waals surface area (Å²) in [5, 5.41) is 10.2. The lowest BCUT2D eigenvalue weighted by molar-refractivity contribution is -0.150. The number of carbonyl (C=O) groups is 2. The van der Waals surface area contributed by atoms with Crippen molar-refractivity contribution in [3.63, 3.8) is 0 Å². The van der Waals surface area contributed by atoms with Gasteiger partial charge in [0.2, 0.25) is 5.91 Å². The van der Waals surface area contributed by atoms with E-state index >= 15 is 0 Å². The normalized spacial score (nSPS) is 19.1. The molecule has 1 aliphatic heterocycles. The van der Waals surface area contributed by atoms with Crippen molar-refractivity contribution in [2.24, 2.45) is 11.8 Å². The maximum atomic E-state index is 13.2. The number of nitrogens with zero attached hydrogens (tertiary/aromatic N) is 1. The average molecular weight is 406 g/mol. The molecule has 29 heavy (non-hydrogen) atoms. The Labute approximate surface area is 174 Å². The number of hydrogen-bond donors (Lipinski definition) is 1. The molecule has 0 aliphatic carbocycles. The van der Waals surface area contributed by atoms with Crippen molar-refractivity contribution in [1.29, 1.82) is 0 Å². The summed E-state index contributed by atoms with van der Waals surface area (Å²) in [4.78, 5) is 26.3. The van der Waals surface area contributed by atoms with E-state index in [1.54, 1.807) is 0 Å². The van der Waals surface area contributed by atoms with Gasteiger partial charge in [0.15, 0.2) is 0 Å². The van der Waals surface area contributed by atoms with Gasteiger partial charge in [0.25, 0.3) is 0 Å². The molecule has 0 saturated carbocycles. The smallest absolute Gasteiger partial charge is 0.229 e. The summed E-state index contributed by atoms with van der Waals surface area (Å²) >= 11 is 0. The number of morpholine rings is 1. The summed E-state index contributed by atoms with van der Waals surface area (Å²) in [6.07, 6.45) is 2.02. The monoisotopic (exact) mass is 405 g/mol. The van der Waals surface area contributed by atoms with Crippen LogP contribution in [0.1, 0.15) is 45.6 Å². The Morgan fingerprint density at radius 2 is 2.07 bits per heavy atom. The van der Waals surface area contributed by atoms with Gasteiger partial charge in [-0.05, 0) is 56.2 Å². The van der Waals surface area contributed by atoms with E-state index < -0.39 is 12.0 Å². The van der Waals surface area contributed by atoms with Crippen LogP contribution in [0.15, 0.2) is 24.3 Å². The minimum Gasteiger partial charge on any atom is -0.494 e. The second-order valence-corrected chi connectivity index (χ2v) is 8.09. The molecule has 0 aromatic heterocycles. The van der Waals surface area contributed by atoms with Crippen molar-refractivity contribution in [3.8, 4) is 5.75 Å². The number of hydrogen-bond acceptors (Lipinski definition) is 5. The van der Waals surface area contributed by atoms with Gasteiger partial charge in [-0.2, -0.15) is 0 Å². The summed E-state index contributed by atoms with van der Waals surface area (Å²) in [6.45, 7) is 8.33. The van der Waals surface area contributed by atoms with Gasteiger partial charge in [-0.1, -0.05) is 26.0 Å². The fourth-order valence-electron chi connectivity index (χ4n) is 3.88. The van der Waals surface area contributed by atoms with Gasteiger partial charge >= 0.3 is 0 Å². The Kier molecular flexibility index (Phi) is 9.61. The number of aliphatic hydroxyl groups is 1. The Morgan fingerprint density at radius 1 is 1.34 bits per heavy atom. The molecule has 0 spiro atoms.